The third kappa shape index (κ3) is 2.65. The van der Waals surface area contributed by atoms with Crippen LogP contribution in [0.25, 0.3) is 0 Å². The molecular formula is C8H15NO4. The number of hydrogen-bond acceptors (Lipinski definition) is 5. The van der Waals surface area contributed by atoms with E-state index in [1.54, 1.807) is 7.11 Å². The van der Waals surface area contributed by atoms with Crippen LogP contribution in [0.2, 0.25) is 0 Å². The maximum atomic E-state index is 11.4. The lowest BCUT2D eigenvalue weighted by molar-refractivity contribution is -0.151. The molecule has 1 saturated heterocycles. The summed E-state index contributed by atoms with van der Waals surface area (Å²) >= 11 is 0. The summed E-state index contributed by atoms with van der Waals surface area (Å²) in [6, 6.07) is 0. The van der Waals surface area contributed by atoms with Crippen molar-refractivity contribution in [2.45, 2.75) is 12.0 Å². The van der Waals surface area contributed by atoms with Crippen LogP contribution in [0.3, 0.4) is 0 Å². The Kier molecular flexibility index (Phi) is 3.65. The lowest BCUT2D eigenvalue weighted by Crippen LogP contribution is -2.49. The molecular weight excluding hydrogens is 174 g/mol. The Hall–Kier alpha value is -0.650. The average molecular weight is 189 g/mol. The van der Waals surface area contributed by atoms with E-state index in [9.17, 15) is 4.79 Å². The smallest absolute Gasteiger partial charge is 0.328 e. The molecule has 76 valence electrons. The van der Waals surface area contributed by atoms with Gasteiger partial charge in [0.25, 0.3) is 0 Å². The quantitative estimate of drug-likeness (QED) is 0.467. The van der Waals surface area contributed by atoms with Crippen LogP contribution in [-0.2, 0) is 19.0 Å². The van der Waals surface area contributed by atoms with E-state index in [4.69, 9.17) is 19.9 Å². The Labute approximate surface area is 77.1 Å². The summed E-state index contributed by atoms with van der Waals surface area (Å²) in [5.41, 5.74) is 4.81. The number of rotatable bonds is 4. The molecule has 1 unspecified atom stereocenters. The predicted molar refractivity (Wildman–Crippen MR) is 45.2 cm³/mol. The molecule has 0 aromatic heterocycles. The molecule has 0 radical (unpaired) electrons. The van der Waals surface area contributed by atoms with Crippen molar-refractivity contribution in [2.24, 2.45) is 5.73 Å². The maximum Gasteiger partial charge on any atom is 0.328 e. The summed E-state index contributed by atoms with van der Waals surface area (Å²) < 4.78 is 14.7. The lowest BCUT2D eigenvalue weighted by Gasteiger charge is -2.19. The van der Waals surface area contributed by atoms with Crippen molar-refractivity contribution in [1.29, 1.82) is 0 Å². The van der Waals surface area contributed by atoms with Gasteiger partial charge in [-0.25, -0.2) is 4.79 Å². The molecule has 1 rings (SSSR count). The van der Waals surface area contributed by atoms with Gasteiger partial charge in [-0.05, 0) is 0 Å². The minimum Gasteiger partial charge on any atom is -0.462 e. The summed E-state index contributed by atoms with van der Waals surface area (Å²) in [4.78, 5) is 11.4. The van der Waals surface area contributed by atoms with Gasteiger partial charge in [-0.3, -0.25) is 0 Å². The Bertz CT molecular complexity index is 177. The first-order valence-corrected chi connectivity index (χ1v) is 4.22. The van der Waals surface area contributed by atoms with Gasteiger partial charge in [0, 0.05) is 20.1 Å². The molecule has 5 nitrogen and oxygen atoms in total. The number of hydrogen-bond donors (Lipinski definition) is 1. The second kappa shape index (κ2) is 4.55. The van der Waals surface area contributed by atoms with Gasteiger partial charge in [-0.15, -0.1) is 0 Å². The van der Waals surface area contributed by atoms with Gasteiger partial charge < -0.3 is 19.9 Å². The third-order valence-electron chi connectivity index (χ3n) is 1.98. The SMILES string of the molecule is COCCOC(=O)C1(N)CCOC1. The lowest BCUT2D eigenvalue weighted by atomic mass is 10.0. The molecule has 5 heteroatoms. The van der Waals surface area contributed by atoms with Crippen molar-refractivity contribution < 1.29 is 19.0 Å². The molecule has 0 amide bonds. The van der Waals surface area contributed by atoms with E-state index in [0.717, 1.165) is 0 Å². The van der Waals surface area contributed by atoms with Crippen LogP contribution in [0.15, 0.2) is 0 Å². The van der Waals surface area contributed by atoms with Gasteiger partial charge >= 0.3 is 5.97 Å². The van der Waals surface area contributed by atoms with E-state index in [1.807, 2.05) is 0 Å². The summed E-state index contributed by atoms with van der Waals surface area (Å²) in [7, 11) is 1.55. The fourth-order valence-electron chi connectivity index (χ4n) is 1.10. The first-order chi connectivity index (χ1) is 6.19. The number of esters is 1. The van der Waals surface area contributed by atoms with Crippen LogP contribution in [0.4, 0.5) is 0 Å². The molecule has 0 bridgehead atoms. The molecule has 1 aliphatic heterocycles. The number of carbonyl (C=O) groups excluding carboxylic acids is 1. The van der Waals surface area contributed by atoms with Crippen molar-refractivity contribution in [3.05, 3.63) is 0 Å². The van der Waals surface area contributed by atoms with Gasteiger partial charge in [-0.1, -0.05) is 0 Å². The summed E-state index contributed by atoms with van der Waals surface area (Å²) in [6.07, 6.45) is 0.527. The molecule has 13 heavy (non-hydrogen) atoms. The van der Waals surface area contributed by atoms with E-state index in [-0.39, 0.29) is 13.2 Å². The van der Waals surface area contributed by atoms with Crippen LogP contribution in [0.1, 0.15) is 6.42 Å². The zero-order valence-electron chi connectivity index (χ0n) is 7.75. The molecule has 0 aromatic rings. The molecule has 0 spiro atoms. The van der Waals surface area contributed by atoms with E-state index < -0.39 is 11.5 Å². The molecule has 2 N–H and O–H groups in total. The van der Waals surface area contributed by atoms with Crippen LogP contribution >= 0.6 is 0 Å². The van der Waals surface area contributed by atoms with Crippen LogP contribution in [-0.4, -0.2) is 45.0 Å². The summed E-state index contributed by atoms with van der Waals surface area (Å²) in [6.45, 7) is 1.41. The second-order valence-electron chi connectivity index (χ2n) is 3.09. The molecule has 0 saturated carbocycles. The van der Waals surface area contributed by atoms with E-state index in [0.29, 0.717) is 19.6 Å². The van der Waals surface area contributed by atoms with E-state index in [1.165, 1.54) is 0 Å². The largest absolute Gasteiger partial charge is 0.462 e. The zero-order chi connectivity index (χ0) is 9.73. The minimum atomic E-state index is -0.937. The molecule has 0 aromatic carbocycles. The van der Waals surface area contributed by atoms with Gasteiger partial charge in [0.2, 0.25) is 0 Å². The van der Waals surface area contributed by atoms with Crippen molar-refractivity contribution >= 4 is 5.97 Å². The van der Waals surface area contributed by atoms with Crippen molar-refractivity contribution in [2.75, 3.05) is 33.5 Å². The summed E-state index contributed by atoms with van der Waals surface area (Å²) in [5, 5.41) is 0. The second-order valence-corrected chi connectivity index (χ2v) is 3.09. The average Bonchev–Trinajstić information content (AvgIpc) is 2.54. The number of nitrogens with two attached hydrogens (primary N) is 1. The van der Waals surface area contributed by atoms with Crippen molar-refractivity contribution in [3.63, 3.8) is 0 Å². The number of methoxy groups -OCH3 is 1. The fraction of sp³-hybridized carbons (Fsp3) is 0.875. The monoisotopic (exact) mass is 189 g/mol. The Balaban J connectivity index is 2.29. The maximum absolute atomic E-state index is 11.4. The van der Waals surface area contributed by atoms with E-state index >= 15 is 0 Å². The number of carbonyl (C=O) groups is 1. The van der Waals surface area contributed by atoms with Crippen molar-refractivity contribution in [3.8, 4) is 0 Å². The van der Waals surface area contributed by atoms with Gasteiger partial charge in [0.05, 0.1) is 13.2 Å². The Morgan fingerprint density at radius 1 is 1.62 bits per heavy atom. The Morgan fingerprint density at radius 2 is 2.38 bits per heavy atom. The Morgan fingerprint density at radius 3 is 2.92 bits per heavy atom. The first kappa shape index (κ1) is 10.4. The van der Waals surface area contributed by atoms with Gasteiger partial charge in [-0.2, -0.15) is 0 Å². The number of ether oxygens (including phenoxy) is 3. The highest BCUT2D eigenvalue weighted by Crippen LogP contribution is 2.16. The molecule has 1 heterocycles. The molecule has 1 fully saturated rings. The van der Waals surface area contributed by atoms with E-state index in [2.05, 4.69) is 0 Å². The highest BCUT2D eigenvalue weighted by Gasteiger charge is 2.39. The predicted octanol–water partition coefficient (Wildman–Crippen LogP) is -0.706. The highest BCUT2D eigenvalue weighted by atomic mass is 16.6. The zero-order valence-corrected chi connectivity index (χ0v) is 7.75. The molecule has 1 atom stereocenters. The standard InChI is InChI=1S/C8H15NO4/c1-11-4-5-13-7(10)8(9)2-3-12-6-8/h2-6,9H2,1H3. The van der Waals surface area contributed by atoms with Gasteiger partial charge in [0.1, 0.15) is 12.1 Å². The molecule has 1 aliphatic rings. The van der Waals surface area contributed by atoms with Crippen molar-refractivity contribution in [1.82, 2.24) is 0 Å². The molecule has 0 aliphatic carbocycles. The fourth-order valence-corrected chi connectivity index (χ4v) is 1.10. The normalized spacial score (nSPS) is 27.5. The van der Waals surface area contributed by atoms with Gasteiger partial charge in [0.15, 0.2) is 0 Å². The minimum absolute atomic E-state index is 0.244. The van der Waals surface area contributed by atoms with Crippen LogP contribution in [0, 0.1) is 0 Å². The third-order valence-corrected chi connectivity index (χ3v) is 1.98. The summed E-state index contributed by atoms with van der Waals surface area (Å²) in [5.74, 6) is -0.401. The van der Waals surface area contributed by atoms with Crippen LogP contribution in [0.5, 0.6) is 0 Å². The first-order valence-electron chi connectivity index (χ1n) is 4.22. The van der Waals surface area contributed by atoms with Crippen LogP contribution < -0.4 is 5.73 Å². The highest BCUT2D eigenvalue weighted by molar-refractivity contribution is 5.81. The topological polar surface area (TPSA) is 70.8 Å².